The van der Waals surface area contributed by atoms with Gasteiger partial charge in [-0.25, -0.2) is 0 Å². The molecule has 0 saturated carbocycles. The lowest BCUT2D eigenvalue weighted by Crippen LogP contribution is -2.45. The van der Waals surface area contributed by atoms with Crippen LogP contribution < -0.4 is 4.74 Å². The van der Waals surface area contributed by atoms with E-state index in [1.807, 2.05) is 17.0 Å². The van der Waals surface area contributed by atoms with Gasteiger partial charge in [0.05, 0.1) is 19.1 Å². The Morgan fingerprint density at radius 1 is 1.11 bits per heavy atom. The molecule has 1 amide bonds. The fourth-order valence-electron chi connectivity index (χ4n) is 6.30. The van der Waals surface area contributed by atoms with Crippen LogP contribution in [0.3, 0.4) is 0 Å². The maximum Gasteiger partial charge on any atom is 0.308 e. The van der Waals surface area contributed by atoms with E-state index in [9.17, 15) is 14.7 Å². The number of carbonyl (C=O) groups is 2. The molecule has 0 bridgehead atoms. The maximum absolute atomic E-state index is 13.7. The zero-order valence-corrected chi connectivity index (χ0v) is 24.5. The van der Waals surface area contributed by atoms with Crippen molar-refractivity contribution >= 4 is 11.9 Å². The van der Waals surface area contributed by atoms with Gasteiger partial charge >= 0.3 is 5.97 Å². The average Bonchev–Trinajstić information content (AvgIpc) is 3.47. The molecule has 1 N–H and O–H groups in total. The Labute approximate surface area is 230 Å². The number of amides is 1. The number of aliphatic carboxylic acids is 1. The summed E-state index contributed by atoms with van der Waals surface area (Å²) in [7, 11) is 4.16. The largest absolute Gasteiger partial charge is 0.493 e. The smallest absolute Gasteiger partial charge is 0.308 e. The lowest BCUT2D eigenvalue weighted by Gasteiger charge is -2.31. The predicted molar refractivity (Wildman–Crippen MR) is 153 cm³/mol. The van der Waals surface area contributed by atoms with Gasteiger partial charge in [-0.15, -0.1) is 0 Å². The summed E-state index contributed by atoms with van der Waals surface area (Å²) in [6.45, 7) is 10.7. The first-order valence-corrected chi connectivity index (χ1v) is 14.9. The van der Waals surface area contributed by atoms with Crippen LogP contribution >= 0.6 is 0 Å². The molecule has 7 heteroatoms. The van der Waals surface area contributed by atoms with E-state index >= 15 is 0 Å². The molecule has 1 unspecified atom stereocenters. The second-order valence-electron chi connectivity index (χ2n) is 11.8. The second-order valence-corrected chi connectivity index (χ2v) is 11.8. The molecule has 1 fully saturated rings. The quantitative estimate of drug-likeness (QED) is 0.308. The topological polar surface area (TPSA) is 73.3 Å². The minimum atomic E-state index is -0.748. The number of carboxylic acid groups (broad SMARTS) is 1. The van der Waals surface area contributed by atoms with E-state index in [-0.39, 0.29) is 17.9 Å². The lowest BCUT2D eigenvalue weighted by atomic mass is 9.81. The van der Waals surface area contributed by atoms with Crippen LogP contribution in [0.25, 0.3) is 0 Å². The van der Waals surface area contributed by atoms with Crippen LogP contribution in [0.15, 0.2) is 18.2 Å². The third kappa shape index (κ3) is 8.19. The van der Waals surface area contributed by atoms with Gasteiger partial charge in [0.1, 0.15) is 5.75 Å². The Morgan fingerprint density at radius 3 is 2.53 bits per heavy atom. The van der Waals surface area contributed by atoms with Crippen molar-refractivity contribution in [2.45, 2.75) is 84.1 Å². The van der Waals surface area contributed by atoms with Gasteiger partial charge in [-0.2, -0.15) is 0 Å². The van der Waals surface area contributed by atoms with Crippen LogP contribution in [-0.4, -0.2) is 91.2 Å². The molecular weight excluding hydrogens is 478 g/mol. The standard InChI is InChI=1S/C31H51N3O4/c1-6-8-16-33(17-10-9-15-32(4)5)29(35)22-34-21-26(24-12-13-28-25(20-24)14-18-38-28)30(31(36)37)27(34)19-23(3)11-7-2/h12-13,20,23,26-27,30H,6-11,14-19,21-22H2,1-5H3,(H,36,37)/t23?,26-,27+,30-/m1/s1. The molecule has 0 aromatic heterocycles. The summed E-state index contributed by atoms with van der Waals surface area (Å²) in [4.78, 5) is 32.8. The number of unbranched alkanes of at least 4 members (excludes halogenated alkanes) is 2. The molecule has 1 aromatic carbocycles. The number of carbonyl (C=O) groups excluding carboxylic acids is 1. The SMILES string of the molecule is CCCCN(CCCCN(C)C)C(=O)CN1C[C@H](c2ccc3c(c2)CCO3)[C@@H](C(=O)O)[C@@H]1CC(C)CCC. The Kier molecular flexibility index (Phi) is 11.9. The Balaban J connectivity index is 1.81. The van der Waals surface area contributed by atoms with Crippen LogP contribution in [0, 0.1) is 11.8 Å². The number of ether oxygens (including phenoxy) is 1. The van der Waals surface area contributed by atoms with Crippen molar-refractivity contribution in [3.05, 3.63) is 29.3 Å². The first-order valence-electron chi connectivity index (χ1n) is 14.9. The summed E-state index contributed by atoms with van der Waals surface area (Å²) in [6, 6.07) is 6.05. The van der Waals surface area contributed by atoms with E-state index in [1.54, 1.807) is 0 Å². The number of hydrogen-bond donors (Lipinski definition) is 1. The molecule has 214 valence electrons. The zero-order chi connectivity index (χ0) is 27.7. The third-order valence-corrected chi connectivity index (χ3v) is 8.36. The number of benzene rings is 1. The van der Waals surface area contributed by atoms with E-state index in [1.165, 1.54) is 5.56 Å². The monoisotopic (exact) mass is 529 g/mol. The molecule has 0 radical (unpaired) electrons. The summed E-state index contributed by atoms with van der Waals surface area (Å²) in [5.41, 5.74) is 2.23. The first kappa shape index (κ1) is 30.4. The molecule has 2 aliphatic rings. The van der Waals surface area contributed by atoms with Gasteiger partial charge in [0.2, 0.25) is 5.91 Å². The van der Waals surface area contributed by atoms with Gasteiger partial charge < -0.3 is 19.6 Å². The highest BCUT2D eigenvalue weighted by molar-refractivity contribution is 5.79. The summed E-state index contributed by atoms with van der Waals surface area (Å²) >= 11 is 0. The van der Waals surface area contributed by atoms with Gasteiger partial charge in [-0.3, -0.25) is 14.5 Å². The molecule has 3 rings (SSSR count). The summed E-state index contributed by atoms with van der Waals surface area (Å²) < 4.78 is 5.70. The Morgan fingerprint density at radius 2 is 1.84 bits per heavy atom. The van der Waals surface area contributed by atoms with Crippen LogP contribution in [0.4, 0.5) is 0 Å². The molecule has 4 atom stereocenters. The highest BCUT2D eigenvalue weighted by atomic mass is 16.5. The van der Waals surface area contributed by atoms with E-state index in [4.69, 9.17) is 4.74 Å². The number of rotatable bonds is 16. The van der Waals surface area contributed by atoms with Crippen molar-refractivity contribution in [2.24, 2.45) is 11.8 Å². The zero-order valence-electron chi connectivity index (χ0n) is 24.5. The van der Waals surface area contributed by atoms with Crippen LogP contribution in [0.2, 0.25) is 0 Å². The highest BCUT2D eigenvalue weighted by Gasteiger charge is 2.47. The van der Waals surface area contributed by atoms with E-state index in [0.29, 0.717) is 25.6 Å². The van der Waals surface area contributed by atoms with E-state index in [0.717, 1.165) is 82.3 Å². The van der Waals surface area contributed by atoms with Gasteiger partial charge in [-0.05, 0) is 69.4 Å². The highest BCUT2D eigenvalue weighted by Crippen LogP contribution is 2.42. The third-order valence-electron chi connectivity index (χ3n) is 8.36. The molecule has 2 aliphatic heterocycles. The van der Waals surface area contributed by atoms with Crippen molar-refractivity contribution in [2.75, 3.05) is 53.4 Å². The molecule has 1 aromatic rings. The van der Waals surface area contributed by atoms with Crippen molar-refractivity contribution in [1.29, 1.82) is 0 Å². The molecular formula is C31H51N3O4. The second kappa shape index (κ2) is 14.9. The maximum atomic E-state index is 13.7. The summed E-state index contributed by atoms with van der Waals surface area (Å²) in [6.07, 6.45) is 7.92. The Hall–Kier alpha value is -2.12. The molecule has 0 spiro atoms. The molecule has 0 aliphatic carbocycles. The predicted octanol–water partition coefficient (Wildman–Crippen LogP) is 4.89. The number of hydrogen-bond acceptors (Lipinski definition) is 5. The van der Waals surface area contributed by atoms with Gasteiger partial charge in [0, 0.05) is 38.0 Å². The van der Waals surface area contributed by atoms with Crippen molar-refractivity contribution in [1.82, 2.24) is 14.7 Å². The van der Waals surface area contributed by atoms with E-state index in [2.05, 4.69) is 50.7 Å². The van der Waals surface area contributed by atoms with Gasteiger partial charge in [0.15, 0.2) is 0 Å². The fraction of sp³-hybridized carbons (Fsp3) is 0.742. The number of carboxylic acids is 1. The fourth-order valence-corrected chi connectivity index (χ4v) is 6.30. The van der Waals surface area contributed by atoms with Crippen molar-refractivity contribution in [3.63, 3.8) is 0 Å². The summed E-state index contributed by atoms with van der Waals surface area (Å²) in [5, 5.41) is 10.5. The minimum Gasteiger partial charge on any atom is -0.493 e. The van der Waals surface area contributed by atoms with Crippen LogP contribution in [0.1, 0.15) is 82.8 Å². The number of nitrogens with zero attached hydrogens (tertiary/aromatic N) is 3. The van der Waals surface area contributed by atoms with Crippen LogP contribution in [-0.2, 0) is 16.0 Å². The van der Waals surface area contributed by atoms with E-state index < -0.39 is 11.9 Å². The van der Waals surface area contributed by atoms with Crippen molar-refractivity contribution < 1.29 is 19.4 Å². The Bertz CT molecular complexity index is 905. The van der Waals surface area contributed by atoms with Crippen LogP contribution in [0.5, 0.6) is 5.75 Å². The molecule has 7 nitrogen and oxygen atoms in total. The molecule has 2 heterocycles. The minimum absolute atomic E-state index is 0.130. The lowest BCUT2D eigenvalue weighted by molar-refractivity contribution is -0.144. The average molecular weight is 530 g/mol. The van der Waals surface area contributed by atoms with Crippen molar-refractivity contribution in [3.8, 4) is 5.75 Å². The van der Waals surface area contributed by atoms with Gasteiger partial charge in [-0.1, -0.05) is 52.2 Å². The normalized spacial score (nSPS) is 21.9. The first-order chi connectivity index (χ1) is 18.2. The summed E-state index contributed by atoms with van der Waals surface area (Å²) in [5.74, 6) is 0.0739. The number of fused-ring (bicyclic) bond motifs is 1. The molecule has 1 saturated heterocycles. The number of likely N-dealkylation sites (tertiary alicyclic amines) is 1. The van der Waals surface area contributed by atoms with Gasteiger partial charge in [0.25, 0.3) is 0 Å². The molecule has 38 heavy (non-hydrogen) atoms.